The van der Waals surface area contributed by atoms with Gasteiger partial charge in [0.25, 0.3) is 5.91 Å². The van der Waals surface area contributed by atoms with E-state index in [1.807, 2.05) is 13.1 Å². The fourth-order valence-electron chi connectivity index (χ4n) is 2.76. The molecule has 4 nitrogen and oxygen atoms in total. The van der Waals surface area contributed by atoms with Gasteiger partial charge in [-0.05, 0) is 67.5 Å². The Morgan fingerprint density at radius 1 is 1.35 bits per heavy atom. The monoisotopic (exact) mass is 339 g/mol. The van der Waals surface area contributed by atoms with E-state index < -0.39 is 0 Å². The predicted octanol–water partition coefficient (Wildman–Crippen LogP) is 2.59. The Bertz CT molecular complexity index is 512. The zero-order valence-corrected chi connectivity index (χ0v) is 13.9. The molecule has 2 rings (SSSR count). The molecule has 2 N–H and O–H groups in total. The van der Waals surface area contributed by atoms with Gasteiger partial charge in [-0.15, -0.1) is 0 Å². The summed E-state index contributed by atoms with van der Waals surface area (Å²) in [6.07, 6.45) is 3.54. The Morgan fingerprint density at radius 3 is 2.50 bits per heavy atom. The SMILES string of the molecule is CN(CC1(N(C)C)CCC1)C(=O)c1cc(N)ccc1Br. The lowest BCUT2D eigenvalue weighted by Gasteiger charge is -2.49. The smallest absolute Gasteiger partial charge is 0.254 e. The quantitative estimate of drug-likeness (QED) is 0.857. The third-order valence-electron chi connectivity index (χ3n) is 4.33. The summed E-state index contributed by atoms with van der Waals surface area (Å²) < 4.78 is 0.788. The Morgan fingerprint density at radius 2 is 2.00 bits per heavy atom. The number of rotatable bonds is 4. The lowest BCUT2D eigenvalue weighted by Crippen LogP contribution is -2.57. The average molecular weight is 340 g/mol. The van der Waals surface area contributed by atoms with Crippen LogP contribution < -0.4 is 5.73 Å². The van der Waals surface area contributed by atoms with Gasteiger partial charge in [-0.25, -0.2) is 0 Å². The second kappa shape index (κ2) is 5.74. The molecular weight excluding hydrogens is 318 g/mol. The number of hydrogen-bond donors (Lipinski definition) is 1. The topological polar surface area (TPSA) is 49.6 Å². The molecule has 0 aromatic heterocycles. The first kappa shape index (κ1) is 15.3. The molecule has 1 fully saturated rings. The van der Waals surface area contributed by atoms with Gasteiger partial charge in [0.15, 0.2) is 0 Å². The van der Waals surface area contributed by atoms with E-state index in [4.69, 9.17) is 5.73 Å². The van der Waals surface area contributed by atoms with Crippen molar-refractivity contribution >= 4 is 27.5 Å². The van der Waals surface area contributed by atoms with Crippen molar-refractivity contribution < 1.29 is 4.79 Å². The Labute approximate surface area is 129 Å². The van der Waals surface area contributed by atoms with Gasteiger partial charge in [-0.1, -0.05) is 0 Å². The van der Waals surface area contributed by atoms with Crippen molar-refractivity contribution in [2.24, 2.45) is 0 Å². The number of nitrogen functional groups attached to an aromatic ring is 1. The van der Waals surface area contributed by atoms with E-state index in [1.54, 1.807) is 17.0 Å². The Hall–Kier alpha value is -1.07. The van der Waals surface area contributed by atoms with E-state index in [0.717, 1.165) is 23.9 Å². The average Bonchev–Trinajstić information content (AvgIpc) is 2.35. The lowest BCUT2D eigenvalue weighted by molar-refractivity contribution is 0.0252. The van der Waals surface area contributed by atoms with Crippen molar-refractivity contribution in [3.8, 4) is 0 Å². The second-order valence-corrected chi connectivity index (χ2v) is 6.73. The lowest BCUT2D eigenvalue weighted by atomic mass is 9.75. The number of halogens is 1. The van der Waals surface area contributed by atoms with Gasteiger partial charge in [0.05, 0.1) is 5.56 Å². The van der Waals surface area contributed by atoms with Crippen LogP contribution in [0, 0.1) is 0 Å². The van der Waals surface area contributed by atoms with Crippen LogP contribution in [0.4, 0.5) is 5.69 Å². The molecule has 20 heavy (non-hydrogen) atoms. The highest BCUT2D eigenvalue weighted by atomic mass is 79.9. The second-order valence-electron chi connectivity index (χ2n) is 5.87. The van der Waals surface area contributed by atoms with E-state index in [9.17, 15) is 4.79 Å². The molecular formula is C15H22BrN3O. The molecule has 0 spiro atoms. The molecule has 1 aromatic rings. The molecule has 1 saturated carbocycles. The minimum atomic E-state index is 0.0114. The van der Waals surface area contributed by atoms with Crippen LogP contribution in [0.2, 0.25) is 0 Å². The van der Waals surface area contributed by atoms with Gasteiger partial charge >= 0.3 is 0 Å². The van der Waals surface area contributed by atoms with Crippen LogP contribution >= 0.6 is 15.9 Å². The summed E-state index contributed by atoms with van der Waals surface area (Å²) >= 11 is 3.43. The normalized spacial score (nSPS) is 16.9. The van der Waals surface area contributed by atoms with Gasteiger partial charge in [0.2, 0.25) is 0 Å². The van der Waals surface area contributed by atoms with Crippen LogP contribution in [-0.4, -0.2) is 48.9 Å². The van der Waals surface area contributed by atoms with Crippen LogP contribution in [0.5, 0.6) is 0 Å². The maximum atomic E-state index is 12.6. The first-order valence-corrected chi connectivity index (χ1v) is 7.63. The largest absolute Gasteiger partial charge is 0.399 e. The van der Waals surface area contributed by atoms with Gasteiger partial charge in [0, 0.05) is 29.3 Å². The minimum absolute atomic E-state index is 0.0114. The van der Waals surface area contributed by atoms with Crippen LogP contribution in [0.1, 0.15) is 29.6 Å². The van der Waals surface area contributed by atoms with Crippen molar-refractivity contribution in [3.63, 3.8) is 0 Å². The molecule has 0 bridgehead atoms. The van der Waals surface area contributed by atoms with E-state index in [2.05, 4.69) is 34.9 Å². The Kier molecular flexibility index (Phi) is 4.39. The number of nitrogens with zero attached hydrogens (tertiary/aromatic N) is 2. The molecule has 1 aliphatic carbocycles. The fourth-order valence-corrected chi connectivity index (χ4v) is 3.17. The maximum Gasteiger partial charge on any atom is 0.254 e. The number of hydrogen-bond acceptors (Lipinski definition) is 3. The minimum Gasteiger partial charge on any atom is -0.399 e. The summed E-state index contributed by atoms with van der Waals surface area (Å²) in [6.45, 7) is 0.750. The number of carbonyl (C=O) groups is 1. The number of amides is 1. The first-order chi connectivity index (χ1) is 9.35. The van der Waals surface area contributed by atoms with Crippen molar-refractivity contribution in [1.29, 1.82) is 0 Å². The number of carbonyl (C=O) groups excluding carboxylic acids is 1. The van der Waals surface area contributed by atoms with E-state index in [1.165, 1.54) is 6.42 Å². The first-order valence-electron chi connectivity index (χ1n) is 6.84. The summed E-state index contributed by atoms with van der Waals surface area (Å²) in [5, 5.41) is 0. The summed E-state index contributed by atoms with van der Waals surface area (Å²) in [7, 11) is 6.04. The molecule has 110 valence electrons. The van der Waals surface area contributed by atoms with Crippen molar-refractivity contribution in [2.45, 2.75) is 24.8 Å². The standard InChI is InChI=1S/C15H22BrN3O/c1-18(2)15(7-4-8-15)10-19(3)14(20)12-9-11(17)5-6-13(12)16/h5-6,9H,4,7-8,10,17H2,1-3H3. The van der Waals surface area contributed by atoms with Crippen molar-refractivity contribution in [3.05, 3.63) is 28.2 Å². The van der Waals surface area contributed by atoms with Gasteiger partial charge in [-0.3, -0.25) is 4.79 Å². The number of benzene rings is 1. The summed E-state index contributed by atoms with van der Waals surface area (Å²) in [5.41, 5.74) is 7.15. The number of anilines is 1. The highest BCUT2D eigenvalue weighted by Gasteiger charge is 2.40. The number of likely N-dealkylation sites (N-methyl/N-ethyl adjacent to an activating group) is 2. The molecule has 1 aliphatic rings. The summed E-state index contributed by atoms with van der Waals surface area (Å²) in [6, 6.07) is 5.33. The molecule has 0 saturated heterocycles. The zero-order valence-electron chi connectivity index (χ0n) is 12.3. The van der Waals surface area contributed by atoms with Gasteiger partial charge in [-0.2, -0.15) is 0 Å². The molecule has 0 aliphatic heterocycles. The predicted molar refractivity (Wildman–Crippen MR) is 85.8 cm³/mol. The van der Waals surface area contributed by atoms with E-state index in [-0.39, 0.29) is 11.4 Å². The molecule has 1 amide bonds. The van der Waals surface area contributed by atoms with Crippen molar-refractivity contribution in [1.82, 2.24) is 9.80 Å². The van der Waals surface area contributed by atoms with Crippen LogP contribution in [0.15, 0.2) is 22.7 Å². The van der Waals surface area contributed by atoms with Crippen LogP contribution in [0.3, 0.4) is 0 Å². The molecule has 0 unspecified atom stereocenters. The maximum absolute atomic E-state index is 12.6. The van der Waals surface area contributed by atoms with Crippen molar-refractivity contribution in [2.75, 3.05) is 33.4 Å². The van der Waals surface area contributed by atoms with Crippen LogP contribution in [-0.2, 0) is 0 Å². The van der Waals surface area contributed by atoms with Gasteiger partial charge in [0.1, 0.15) is 0 Å². The Balaban J connectivity index is 2.14. The summed E-state index contributed by atoms with van der Waals surface area (Å²) in [4.78, 5) is 16.6. The highest BCUT2D eigenvalue weighted by Crippen LogP contribution is 2.37. The molecule has 0 radical (unpaired) electrons. The van der Waals surface area contributed by atoms with E-state index in [0.29, 0.717) is 11.3 Å². The van der Waals surface area contributed by atoms with Crippen LogP contribution in [0.25, 0.3) is 0 Å². The molecule has 0 atom stereocenters. The fraction of sp³-hybridized carbons (Fsp3) is 0.533. The highest BCUT2D eigenvalue weighted by molar-refractivity contribution is 9.10. The molecule has 0 heterocycles. The number of nitrogens with two attached hydrogens (primary N) is 1. The third-order valence-corrected chi connectivity index (χ3v) is 5.02. The summed E-state index contributed by atoms with van der Waals surface area (Å²) in [5.74, 6) is 0.0114. The van der Waals surface area contributed by atoms with Gasteiger partial charge < -0.3 is 15.5 Å². The third kappa shape index (κ3) is 2.83. The molecule has 1 aromatic carbocycles. The molecule has 5 heteroatoms. The van der Waals surface area contributed by atoms with E-state index >= 15 is 0 Å². The zero-order chi connectivity index (χ0) is 14.9.